The topological polar surface area (TPSA) is 128 Å². The number of nitro benzene ring substituents is 1. The number of carbonyl (C=O) groups excluding carboxylic acids is 2. The van der Waals surface area contributed by atoms with E-state index in [1.165, 1.54) is 12.1 Å². The van der Waals surface area contributed by atoms with Gasteiger partial charge < -0.3 is 19.9 Å². The van der Waals surface area contributed by atoms with Crippen molar-refractivity contribution in [2.45, 2.75) is 18.4 Å². The third kappa shape index (κ3) is 5.20. The first-order chi connectivity index (χ1) is 17.4. The van der Waals surface area contributed by atoms with E-state index in [0.717, 1.165) is 34.4 Å². The number of benzene rings is 3. The minimum atomic E-state index is -1.18. The molecule has 0 saturated heterocycles. The van der Waals surface area contributed by atoms with Gasteiger partial charge in [0.15, 0.2) is 5.75 Å². The Morgan fingerprint density at radius 3 is 2.31 bits per heavy atom. The molecular formula is C27H24N2O7. The van der Waals surface area contributed by atoms with Gasteiger partial charge in [0.05, 0.1) is 4.92 Å². The highest BCUT2D eigenvalue weighted by Crippen LogP contribution is 2.44. The van der Waals surface area contributed by atoms with Crippen LogP contribution in [0.5, 0.6) is 5.75 Å². The molecule has 1 aliphatic rings. The van der Waals surface area contributed by atoms with Gasteiger partial charge >= 0.3 is 17.7 Å². The minimum Gasteiger partial charge on any atom is -0.502 e. The molecule has 1 aliphatic carbocycles. The summed E-state index contributed by atoms with van der Waals surface area (Å²) in [6.07, 6.45) is 0.445. The first kappa shape index (κ1) is 24.5. The minimum absolute atomic E-state index is 0.0545. The van der Waals surface area contributed by atoms with Gasteiger partial charge in [0.25, 0.3) is 0 Å². The fraction of sp³-hybridized carbons (Fsp3) is 0.185. The molecule has 0 saturated carbocycles. The van der Waals surface area contributed by atoms with Gasteiger partial charge in [-0.05, 0) is 33.9 Å². The number of rotatable bonds is 9. The lowest BCUT2D eigenvalue weighted by Crippen LogP contribution is -2.44. The summed E-state index contributed by atoms with van der Waals surface area (Å²) in [4.78, 5) is 35.7. The zero-order valence-corrected chi connectivity index (χ0v) is 19.3. The largest absolute Gasteiger partial charge is 0.502 e. The smallest absolute Gasteiger partial charge is 0.407 e. The Bertz CT molecular complexity index is 1280. The summed E-state index contributed by atoms with van der Waals surface area (Å²) in [7, 11) is 0. The second-order valence-corrected chi connectivity index (χ2v) is 8.23. The lowest BCUT2D eigenvalue weighted by atomic mass is 9.98. The van der Waals surface area contributed by atoms with Crippen LogP contribution < -0.4 is 5.32 Å². The van der Waals surface area contributed by atoms with Crippen molar-refractivity contribution < 1.29 is 29.1 Å². The van der Waals surface area contributed by atoms with Crippen LogP contribution in [0.3, 0.4) is 0 Å². The Hall–Kier alpha value is -4.66. The van der Waals surface area contributed by atoms with Crippen molar-refractivity contribution >= 4 is 17.7 Å². The molecule has 3 aromatic carbocycles. The molecule has 1 atom stereocenters. The third-order valence-corrected chi connectivity index (χ3v) is 5.94. The summed E-state index contributed by atoms with van der Waals surface area (Å²) >= 11 is 0. The van der Waals surface area contributed by atoms with E-state index in [4.69, 9.17) is 9.47 Å². The van der Waals surface area contributed by atoms with Crippen LogP contribution in [0.2, 0.25) is 0 Å². The number of alkyl carbamates (subject to hydrolysis) is 1. The van der Waals surface area contributed by atoms with Gasteiger partial charge in [-0.2, -0.15) is 0 Å². The predicted octanol–water partition coefficient (Wildman–Crippen LogP) is 4.48. The van der Waals surface area contributed by atoms with Gasteiger partial charge in [0.2, 0.25) is 0 Å². The van der Waals surface area contributed by atoms with Gasteiger partial charge in [-0.25, -0.2) is 9.59 Å². The zero-order chi connectivity index (χ0) is 25.7. The molecule has 1 amide bonds. The molecule has 184 valence electrons. The highest BCUT2D eigenvalue weighted by atomic mass is 16.6. The number of esters is 1. The van der Waals surface area contributed by atoms with Gasteiger partial charge in [0, 0.05) is 18.4 Å². The molecule has 4 rings (SSSR count). The number of ether oxygens (including phenoxy) is 2. The summed E-state index contributed by atoms with van der Waals surface area (Å²) in [5, 5.41) is 23.3. The number of nitrogens with zero attached hydrogens (tertiary/aromatic N) is 1. The van der Waals surface area contributed by atoms with Gasteiger partial charge in [-0.15, -0.1) is 0 Å². The summed E-state index contributed by atoms with van der Waals surface area (Å²) in [5.74, 6) is -1.41. The maximum absolute atomic E-state index is 12.7. The number of hydrogen-bond donors (Lipinski definition) is 2. The van der Waals surface area contributed by atoms with Crippen LogP contribution in [0.25, 0.3) is 11.1 Å². The van der Waals surface area contributed by atoms with Crippen molar-refractivity contribution in [2.24, 2.45) is 0 Å². The van der Waals surface area contributed by atoms with Crippen molar-refractivity contribution in [1.29, 1.82) is 0 Å². The van der Waals surface area contributed by atoms with Crippen LogP contribution in [0.1, 0.15) is 22.6 Å². The van der Waals surface area contributed by atoms with Crippen LogP contribution in [0.15, 0.2) is 79.4 Å². The molecule has 36 heavy (non-hydrogen) atoms. The second kappa shape index (κ2) is 10.7. The van der Waals surface area contributed by atoms with Crippen LogP contribution in [-0.2, 0) is 20.7 Å². The SMILES string of the molecule is C=CCOC(=O)[C@H](Cc1ccc(O)c([N+](=O)[O-])c1)NC(=O)OCC1c2ccccc2-c2ccccc21. The Morgan fingerprint density at radius 2 is 1.69 bits per heavy atom. The molecule has 9 heteroatoms. The van der Waals surface area contributed by atoms with Crippen LogP contribution in [0, 0.1) is 10.1 Å². The molecule has 3 aromatic rings. The predicted molar refractivity (Wildman–Crippen MR) is 132 cm³/mol. The summed E-state index contributed by atoms with van der Waals surface area (Å²) in [6, 6.07) is 18.4. The van der Waals surface area contributed by atoms with Crippen molar-refractivity contribution in [3.05, 3.63) is 106 Å². The van der Waals surface area contributed by atoms with Gasteiger partial charge in [0.1, 0.15) is 19.3 Å². The van der Waals surface area contributed by atoms with Crippen molar-refractivity contribution in [3.8, 4) is 16.9 Å². The maximum atomic E-state index is 12.7. The molecular weight excluding hydrogens is 464 g/mol. The normalized spacial score (nSPS) is 12.7. The van der Waals surface area contributed by atoms with Crippen LogP contribution in [0.4, 0.5) is 10.5 Å². The number of nitrogens with one attached hydrogen (secondary N) is 1. The Labute approximate surface area is 207 Å². The van der Waals surface area contributed by atoms with E-state index in [2.05, 4.69) is 11.9 Å². The van der Waals surface area contributed by atoms with E-state index in [1.807, 2.05) is 48.5 Å². The van der Waals surface area contributed by atoms with E-state index in [-0.39, 0.29) is 25.6 Å². The summed E-state index contributed by atoms with van der Waals surface area (Å²) in [5.41, 5.74) is 4.10. The quantitative estimate of drug-likeness (QED) is 0.197. The summed E-state index contributed by atoms with van der Waals surface area (Å²) in [6.45, 7) is 3.48. The lowest BCUT2D eigenvalue weighted by Gasteiger charge is -2.19. The monoisotopic (exact) mass is 488 g/mol. The second-order valence-electron chi connectivity index (χ2n) is 8.23. The maximum Gasteiger partial charge on any atom is 0.407 e. The number of phenols is 1. The molecule has 0 bridgehead atoms. The molecule has 0 aliphatic heterocycles. The van der Waals surface area contributed by atoms with Gasteiger partial charge in [-0.1, -0.05) is 67.3 Å². The molecule has 0 heterocycles. The fourth-order valence-corrected chi connectivity index (χ4v) is 4.30. The summed E-state index contributed by atoms with van der Waals surface area (Å²) < 4.78 is 10.6. The van der Waals surface area contributed by atoms with Crippen molar-refractivity contribution in [1.82, 2.24) is 5.32 Å². The van der Waals surface area contributed by atoms with Crippen LogP contribution >= 0.6 is 0 Å². The highest BCUT2D eigenvalue weighted by Gasteiger charge is 2.30. The number of aromatic hydroxyl groups is 1. The van der Waals surface area contributed by atoms with E-state index in [1.54, 1.807) is 0 Å². The Balaban J connectivity index is 1.48. The van der Waals surface area contributed by atoms with Crippen LogP contribution in [-0.4, -0.2) is 41.3 Å². The molecule has 0 radical (unpaired) electrons. The molecule has 2 N–H and O–H groups in total. The molecule has 9 nitrogen and oxygen atoms in total. The molecule has 0 fully saturated rings. The number of carbonyl (C=O) groups is 2. The standard InChI is InChI=1S/C27H24N2O7/c1-2-13-35-26(31)23(14-17-11-12-25(30)24(15-17)29(33)34)28-27(32)36-16-22-20-9-5-3-7-18(20)19-8-4-6-10-21(19)22/h2-12,15,22-23,30H,1,13-14,16H2,(H,28,32)/t23-/m0/s1. The van der Waals surface area contributed by atoms with Crippen molar-refractivity contribution in [2.75, 3.05) is 13.2 Å². The van der Waals surface area contributed by atoms with E-state index in [0.29, 0.717) is 5.56 Å². The average molecular weight is 488 g/mol. The first-order valence-corrected chi connectivity index (χ1v) is 11.2. The number of nitro groups is 1. The molecule has 0 spiro atoms. The average Bonchev–Trinajstić information content (AvgIpc) is 3.20. The number of fused-ring (bicyclic) bond motifs is 3. The van der Waals surface area contributed by atoms with E-state index >= 15 is 0 Å². The lowest BCUT2D eigenvalue weighted by molar-refractivity contribution is -0.385. The first-order valence-electron chi connectivity index (χ1n) is 11.2. The Kier molecular flexibility index (Phi) is 7.29. The third-order valence-electron chi connectivity index (χ3n) is 5.94. The van der Waals surface area contributed by atoms with E-state index < -0.39 is 34.5 Å². The number of hydrogen-bond acceptors (Lipinski definition) is 7. The van der Waals surface area contributed by atoms with Crippen molar-refractivity contribution in [3.63, 3.8) is 0 Å². The zero-order valence-electron chi connectivity index (χ0n) is 19.3. The van der Waals surface area contributed by atoms with Gasteiger partial charge in [-0.3, -0.25) is 10.1 Å². The highest BCUT2D eigenvalue weighted by molar-refractivity contribution is 5.82. The molecule has 0 unspecified atom stereocenters. The van der Waals surface area contributed by atoms with E-state index in [9.17, 15) is 24.8 Å². The number of amides is 1. The Morgan fingerprint density at radius 1 is 1.06 bits per heavy atom. The fourth-order valence-electron chi connectivity index (χ4n) is 4.30. The number of phenolic OH excluding ortho intramolecular Hbond substituents is 1. The molecule has 0 aromatic heterocycles.